The van der Waals surface area contributed by atoms with E-state index in [2.05, 4.69) is 4.76 Å². The van der Waals surface area contributed by atoms with Crippen molar-refractivity contribution in [3.05, 3.63) is 53.3 Å². The van der Waals surface area contributed by atoms with Crippen LogP contribution in [0.4, 0.5) is 0 Å². The molecule has 0 amide bonds. The zero-order valence-electron chi connectivity index (χ0n) is 12.7. The predicted octanol–water partition coefficient (Wildman–Crippen LogP) is 1.48. The highest BCUT2D eigenvalue weighted by molar-refractivity contribution is 7.50. The first kappa shape index (κ1) is 18.4. The molecular weight excluding hydrogens is 337 g/mol. The van der Waals surface area contributed by atoms with Crippen molar-refractivity contribution in [1.82, 2.24) is 0 Å². The number of aromatic hydroxyl groups is 1. The molecule has 0 saturated heterocycles. The van der Waals surface area contributed by atoms with Gasteiger partial charge in [-0.3, -0.25) is 0 Å². The number of hydrogen-bond donors (Lipinski definition) is 6. The largest absolute Gasteiger partial charge is 0.508 e. The van der Waals surface area contributed by atoms with Crippen LogP contribution in [0.25, 0.3) is 0 Å². The molecule has 0 fully saturated rings. The van der Waals surface area contributed by atoms with Gasteiger partial charge in [-0.15, -0.1) is 0 Å². The molecule has 1 unspecified atom stereocenters. The number of phenols is 1. The molecule has 0 bridgehead atoms. The van der Waals surface area contributed by atoms with Crippen molar-refractivity contribution in [1.29, 1.82) is 0 Å². The first-order chi connectivity index (χ1) is 11.0. The van der Waals surface area contributed by atoms with E-state index < -0.39 is 30.8 Å². The van der Waals surface area contributed by atoms with Gasteiger partial charge >= 0.3 is 7.75 Å². The summed E-state index contributed by atoms with van der Waals surface area (Å²) in [7, 11) is -4.82. The standard InChI is InChI=1S/C15H18NO7P/c1-9(10-5-7-11(17)8-6-10)15(19,20)14-12(16-24(21,22)23)3-2-4-13(14)18/h2,4-9,17-20H,3H2,1H3,(H2,21,22,23). The van der Waals surface area contributed by atoms with Gasteiger partial charge in [0.05, 0.1) is 11.3 Å². The highest BCUT2D eigenvalue weighted by atomic mass is 31.2. The number of allylic oxidation sites excluding steroid dienone is 2. The Morgan fingerprint density at radius 2 is 1.75 bits per heavy atom. The van der Waals surface area contributed by atoms with Crippen molar-refractivity contribution in [3.8, 4) is 5.75 Å². The fourth-order valence-corrected chi connectivity index (χ4v) is 2.97. The first-order valence-corrected chi connectivity index (χ1v) is 8.58. The number of nitrogens with zero attached hydrogens (tertiary/aromatic N) is 1. The second-order valence-corrected chi connectivity index (χ2v) is 6.69. The van der Waals surface area contributed by atoms with Gasteiger partial charge in [0.2, 0.25) is 5.79 Å². The lowest BCUT2D eigenvalue weighted by atomic mass is 9.82. The van der Waals surface area contributed by atoms with E-state index in [0.29, 0.717) is 5.56 Å². The average Bonchev–Trinajstić information content (AvgIpc) is 2.45. The van der Waals surface area contributed by atoms with Gasteiger partial charge in [0.25, 0.3) is 0 Å². The predicted molar refractivity (Wildman–Crippen MR) is 86.6 cm³/mol. The van der Waals surface area contributed by atoms with E-state index in [9.17, 15) is 25.0 Å². The van der Waals surface area contributed by atoms with Crippen LogP contribution in [0.5, 0.6) is 5.75 Å². The summed E-state index contributed by atoms with van der Waals surface area (Å²) in [6.45, 7) is 1.46. The Balaban J connectivity index is 2.51. The Morgan fingerprint density at radius 1 is 1.17 bits per heavy atom. The van der Waals surface area contributed by atoms with Crippen LogP contribution in [0, 0.1) is 0 Å². The molecule has 6 N–H and O–H groups in total. The molecule has 1 aliphatic carbocycles. The normalized spacial score (nSPS) is 19.0. The lowest BCUT2D eigenvalue weighted by molar-refractivity contribution is -0.140. The van der Waals surface area contributed by atoms with Gasteiger partial charge < -0.3 is 30.2 Å². The van der Waals surface area contributed by atoms with E-state index in [1.807, 2.05) is 0 Å². The first-order valence-electron chi connectivity index (χ1n) is 7.01. The van der Waals surface area contributed by atoms with E-state index in [0.717, 1.165) is 0 Å². The lowest BCUT2D eigenvalue weighted by Crippen LogP contribution is -2.41. The second-order valence-electron chi connectivity index (χ2n) is 5.47. The molecule has 2 rings (SSSR count). The minimum absolute atomic E-state index is 0.00107. The van der Waals surface area contributed by atoms with E-state index >= 15 is 0 Å². The zero-order valence-corrected chi connectivity index (χ0v) is 13.6. The summed E-state index contributed by atoms with van der Waals surface area (Å²) >= 11 is 0. The summed E-state index contributed by atoms with van der Waals surface area (Å²) < 4.78 is 14.4. The summed E-state index contributed by atoms with van der Waals surface area (Å²) in [6.07, 6.45) is 2.53. The number of hydrogen-bond acceptors (Lipinski definition) is 5. The van der Waals surface area contributed by atoms with Crippen LogP contribution >= 0.6 is 7.75 Å². The van der Waals surface area contributed by atoms with Gasteiger partial charge in [0.1, 0.15) is 11.5 Å². The minimum Gasteiger partial charge on any atom is -0.508 e. The van der Waals surface area contributed by atoms with Gasteiger partial charge in [-0.1, -0.05) is 25.1 Å². The molecule has 1 atom stereocenters. The third-order valence-corrected chi connectivity index (χ3v) is 4.25. The molecule has 9 heteroatoms. The Kier molecular flexibility index (Phi) is 4.98. The molecule has 0 aromatic heterocycles. The van der Waals surface area contributed by atoms with Crippen LogP contribution in [0.3, 0.4) is 0 Å². The summed E-state index contributed by atoms with van der Waals surface area (Å²) in [5, 5.41) is 40.5. The van der Waals surface area contributed by atoms with Crippen molar-refractivity contribution in [2.75, 3.05) is 0 Å². The maximum Gasteiger partial charge on any atom is 0.448 e. The Bertz CT molecular complexity index is 759. The van der Waals surface area contributed by atoms with Crippen LogP contribution in [0.15, 0.2) is 52.5 Å². The van der Waals surface area contributed by atoms with Gasteiger partial charge in [0, 0.05) is 12.3 Å². The average molecular weight is 355 g/mol. The Labute approximate surface area is 138 Å². The topological polar surface area (TPSA) is 151 Å². The highest BCUT2D eigenvalue weighted by Gasteiger charge is 2.42. The van der Waals surface area contributed by atoms with Gasteiger partial charge in [-0.25, -0.2) is 4.57 Å². The van der Waals surface area contributed by atoms with E-state index in [-0.39, 0.29) is 17.9 Å². The fourth-order valence-electron chi connectivity index (χ4n) is 2.48. The molecule has 0 heterocycles. The quantitative estimate of drug-likeness (QED) is 0.353. The molecule has 1 aromatic carbocycles. The number of phenolic OH excluding ortho intramolecular Hbond substituents is 1. The van der Waals surface area contributed by atoms with Crippen molar-refractivity contribution in [2.24, 2.45) is 4.76 Å². The maximum atomic E-state index is 11.1. The highest BCUT2D eigenvalue weighted by Crippen LogP contribution is 2.42. The minimum atomic E-state index is -4.82. The number of benzene rings is 1. The Hall–Kier alpha value is -1.96. The summed E-state index contributed by atoms with van der Waals surface area (Å²) in [5.41, 5.74) is -0.337. The van der Waals surface area contributed by atoms with Crippen molar-refractivity contribution < 1.29 is 34.8 Å². The third kappa shape index (κ3) is 3.92. The number of aliphatic hydroxyl groups excluding tert-OH is 1. The van der Waals surface area contributed by atoms with Gasteiger partial charge in [-0.2, -0.15) is 4.76 Å². The van der Waals surface area contributed by atoms with Crippen molar-refractivity contribution >= 4 is 13.5 Å². The molecule has 0 saturated carbocycles. The van der Waals surface area contributed by atoms with Crippen LogP contribution in [0.1, 0.15) is 24.8 Å². The van der Waals surface area contributed by atoms with Crippen LogP contribution in [-0.4, -0.2) is 41.7 Å². The smallest absolute Gasteiger partial charge is 0.448 e. The number of aliphatic hydroxyl groups is 3. The lowest BCUT2D eigenvalue weighted by Gasteiger charge is -2.33. The molecule has 130 valence electrons. The van der Waals surface area contributed by atoms with E-state index in [4.69, 9.17) is 9.79 Å². The second kappa shape index (κ2) is 6.51. The summed E-state index contributed by atoms with van der Waals surface area (Å²) in [5.74, 6) is -4.16. The molecule has 24 heavy (non-hydrogen) atoms. The van der Waals surface area contributed by atoms with Crippen LogP contribution in [0.2, 0.25) is 0 Å². The summed E-state index contributed by atoms with van der Waals surface area (Å²) in [6, 6.07) is 5.66. The SMILES string of the molecule is CC(c1ccc(O)cc1)C(O)(O)C1=C(O)C=CCC1=NP(=O)(O)O. The molecule has 0 aliphatic heterocycles. The van der Waals surface area contributed by atoms with E-state index in [1.165, 1.54) is 43.3 Å². The van der Waals surface area contributed by atoms with E-state index in [1.54, 1.807) is 0 Å². The molecule has 8 nitrogen and oxygen atoms in total. The summed E-state index contributed by atoms with van der Waals surface area (Å²) in [4.78, 5) is 18.1. The van der Waals surface area contributed by atoms with Crippen molar-refractivity contribution in [3.63, 3.8) is 0 Å². The van der Waals surface area contributed by atoms with Crippen molar-refractivity contribution in [2.45, 2.75) is 25.0 Å². The molecule has 1 aromatic rings. The fraction of sp³-hybridized carbons (Fsp3) is 0.267. The molecular formula is C15H18NO7P. The monoisotopic (exact) mass is 355 g/mol. The van der Waals surface area contributed by atoms with Crippen LogP contribution < -0.4 is 0 Å². The zero-order chi connectivity index (χ0) is 18.1. The third-order valence-electron chi connectivity index (χ3n) is 3.75. The number of rotatable bonds is 4. The van der Waals surface area contributed by atoms with Crippen LogP contribution in [-0.2, 0) is 4.57 Å². The maximum absolute atomic E-state index is 11.1. The molecule has 0 spiro atoms. The van der Waals surface area contributed by atoms with Gasteiger partial charge in [-0.05, 0) is 23.8 Å². The molecule has 1 aliphatic rings. The van der Waals surface area contributed by atoms with Gasteiger partial charge in [0.15, 0.2) is 0 Å². The molecule has 0 radical (unpaired) electrons. The Morgan fingerprint density at radius 3 is 2.29 bits per heavy atom.